The Morgan fingerprint density at radius 2 is 2.23 bits per heavy atom. The largest absolute Gasteiger partial charge is 0.246 e. The Balaban J connectivity index is 2.87. The van der Waals surface area contributed by atoms with E-state index in [0.29, 0.717) is 6.42 Å². The number of nitriles is 1. The standard InChI is InChI=1S/C10H14N2S/c1-3-5-8-9(6-7-11)13-10(4-2)12-8/h3-6H2,1-2H3. The third-order valence-corrected chi connectivity index (χ3v) is 3.09. The number of rotatable bonds is 4. The van der Waals surface area contributed by atoms with Gasteiger partial charge in [0.2, 0.25) is 0 Å². The molecule has 0 amide bonds. The Kier molecular flexibility index (Phi) is 3.91. The van der Waals surface area contributed by atoms with Gasteiger partial charge < -0.3 is 0 Å². The molecular weight excluding hydrogens is 180 g/mol. The van der Waals surface area contributed by atoms with Crippen LogP contribution in [0.1, 0.15) is 35.8 Å². The van der Waals surface area contributed by atoms with Crippen molar-refractivity contribution in [3.8, 4) is 6.07 Å². The molecule has 0 N–H and O–H groups in total. The van der Waals surface area contributed by atoms with Gasteiger partial charge in [0.25, 0.3) is 0 Å². The van der Waals surface area contributed by atoms with E-state index < -0.39 is 0 Å². The summed E-state index contributed by atoms with van der Waals surface area (Å²) in [6.45, 7) is 4.24. The van der Waals surface area contributed by atoms with Crippen molar-refractivity contribution < 1.29 is 0 Å². The van der Waals surface area contributed by atoms with E-state index in [4.69, 9.17) is 5.26 Å². The lowest BCUT2D eigenvalue weighted by molar-refractivity contribution is 0.870. The Labute approximate surface area is 83.2 Å². The first kappa shape index (κ1) is 10.2. The smallest absolute Gasteiger partial charge is 0.0928 e. The van der Waals surface area contributed by atoms with Crippen LogP contribution >= 0.6 is 11.3 Å². The molecule has 3 heteroatoms. The Morgan fingerprint density at radius 3 is 2.77 bits per heavy atom. The van der Waals surface area contributed by atoms with Gasteiger partial charge in [0.05, 0.1) is 23.2 Å². The van der Waals surface area contributed by atoms with Crippen molar-refractivity contribution in [2.24, 2.45) is 0 Å². The minimum Gasteiger partial charge on any atom is -0.246 e. The first-order valence-electron chi connectivity index (χ1n) is 4.66. The Bertz CT molecular complexity index is 309. The summed E-state index contributed by atoms with van der Waals surface area (Å²) in [5, 5.41) is 9.78. The van der Waals surface area contributed by atoms with Crippen LogP contribution in [0.5, 0.6) is 0 Å². The number of aromatic nitrogens is 1. The van der Waals surface area contributed by atoms with Crippen LogP contribution in [0.25, 0.3) is 0 Å². The second kappa shape index (κ2) is 4.98. The highest BCUT2D eigenvalue weighted by Gasteiger charge is 2.08. The Morgan fingerprint density at radius 1 is 1.46 bits per heavy atom. The maximum absolute atomic E-state index is 8.62. The van der Waals surface area contributed by atoms with Crippen LogP contribution in [-0.2, 0) is 19.3 Å². The van der Waals surface area contributed by atoms with E-state index in [9.17, 15) is 0 Å². The highest BCUT2D eigenvalue weighted by atomic mass is 32.1. The van der Waals surface area contributed by atoms with Crippen molar-refractivity contribution >= 4 is 11.3 Å². The van der Waals surface area contributed by atoms with Gasteiger partial charge in [-0.3, -0.25) is 0 Å². The van der Waals surface area contributed by atoms with Crippen LogP contribution in [0.4, 0.5) is 0 Å². The lowest BCUT2D eigenvalue weighted by Crippen LogP contribution is -1.89. The molecule has 0 aromatic carbocycles. The third kappa shape index (κ3) is 2.53. The zero-order valence-electron chi connectivity index (χ0n) is 8.13. The molecule has 0 spiro atoms. The summed E-state index contributed by atoms with van der Waals surface area (Å²) in [5.74, 6) is 0. The van der Waals surface area contributed by atoms with Crippen LogP contribution in [0, 0.1) is 11.3 Å². The fourth-order valence-electron chi connectivity index (χ4n) is 1.23. The molecule has 70 valence electrons. The van der Waals surface area contributed by atoms with Gasteiger partial charge in [-0.2, -0.15) is 5.26 Å². The summed E-state index contributed by atoms with van der Waals surface area (Å²) in [7, 11) is 0. The third-order valence-electron chi connectivity index (χ3n) is 1.85. The molecule has 1 aromatic heterocycles. The van der Waals surface area contributed by atoms with Gasteiger partial charge >= 0.3 is 0 Å². The van der Waals surface area contributed by atoms with Crippen molar-refractivity contribution in [1.82, 2.24) is 4.98 Å². The van der Waals surface area contributed by atoms with Crippen LogP contribution in [0.3, 0.4) is 0 Å². The second-order valence-corrected chi connectivity index (χ2v) is 4.08. The number of aryl methyl sites for hydroxylation is 2. The number of hydrogen-bond acceptors (Lipinski definition) is 3. The maximum Gasteiger partial charge on any atom is 0.0928 e. The van der Waals surface area contributed by atoms with Crippen LogP contribution in [0.15, 0.2) is 0 Å². The van der Waals surface area contributed by atoms with E-state index in [-0.39, 0.29) is 0 Å². The van der Waals surface area contributed by atoms with E-state index >= 15 is 0 Å². The highest BCUT2D eigenvalue weighted by Crippen LogP contribution is 2.20. The minimum atomic E-state index is 0.521. The molecule has 0 saturated heterocycles. The van der Waals surface area contributed by atoms with E-state index in [0.717, 1.165) is 30.0 Å². The lowest BCUT2D eigenvalue weighted by atomic mass is 10.2. The van der Waals surface area contributed by atoms with Crippen molar-refractivity contribution in [3.63, 3.8) is 0 Å². The molecule has 13 heavy (non-hydrogen) atoms. The molecule has 1 heterocycles. The fraction of sp³-hybridized carbons (Fsp3) is 0.600. The minimum absolute atomic E-state index is 0.521. The maximum atomic E-state index is 8.62. The number of hydrogen-bond donors (Lipinski definition) is 0. The molecule has 0 radical (unpaired) electrons. The second-order valence-electron chi connectivity index (χ2n) is 2.92. The SMILES string of the molecule is CCCc1nc(CC)sc1CC#N. The van der Waals surface area contributed by atoms with Crippen molar-refractivity contribution in [1.29, 1.82) is 5.26 Å². The summed E-state index contributed by atoms with van der Waals surface area (Å²) in [6, 6.07) is 2.19. The van der Waals surface area contributed by atoms with Gasteiger partial charge in [0.15, 0.2) is 0 Å². The number of thiazole rings is 1. The average molecular weight is 194 g/mol. The van der Waals surface area contributed by atoms with Gasteiger partial charge in [0, 0.05) is 4.88 Å². The molecule has 0 aliphatic carbocycles. The topological polar surface area (TPSA) is 36.7 Å². The predicted octanol–water partition coefficient (Wildman–Crippen LogP) is 2.72. The van der Waals surface area contributed by atoms with E-state index in [1.807, 2.05) is 0 Å². The zero-order valence-corrected chi connectivity index (χ0v) is 8.95. The van der Waals surface area contributed by atoms with Gasteiger partial charge in [-0.15, -0.1) is 11.3 Å². The molecule has 0 atom stereocenters. The molecule has 2 nitrogen and oxygen atoms in total. The molecule has 0 fully saturated rings. The highest BCUT2D eigenvalue weighted by molar-refractivity contribution is 7.11. The van der Waals surface area contributed by atoms with Crippen molar-refractivity contribution in [2.45, 2.75) is 39.5 Å². The summed E-state index contributed by atoms with van der Waals surface area (Å²) in [4.78, 5) is 5.67. The number of nitrogens with zero attached hydrogens (tertiary/aromatic N) is 2. The molecule has 0 aliphatic heterocycles. The van der Waals surface area contributed by atoms with Gasteiger partial charge in [-0.05, 0) is 12.8 Å². The molecule has 0 saturated carbocycles. The van der Waals surface area contributed by atoms with Crippen LogP contribution in [0.2, 0.25) is 0 Å². The molecule has 0 unspecified atom stereocenters. The normalized spacial score (nSPS) is 9.92. The van der Waals surface area contributed by atoms with E-state index in [2.05, 4.69) is 24.9 Å². The van der Waals surface area contributed by atoms with Gasteiger partial charge in [-0.25, -0.2) is 4.98 Å². The first-order chi connectivity index (χ1) is 6.31. The molecule has 1 aromatic rings. The van der Waals surface area contributed by atoms with E-state index in [1.165, 1.54) is 4.88 Å². The molecule has 0 aliphatic rings. The van der Waals surface area contributed by atoms with Gasteiger partial charge in [-0.1, -0.05) is 20.3 Å². The monoisotopic (exact) mass is 194 g/mol. The van der Waals surface area contributed by atoms with Crippen molar-refractivity contribution in [2.75, 3.05) is 0 Å². The molecule has 0 bridgehead atoms. The molecule has 1 rings (SSSR count). The fourth-order valence-corrected chi connectivity index (χ4v) is 2.22. The van der Waals surface area contributed by atoms with Crippen molar-refractivity contribution in [3.05, 3.63) is 15.6 Å². The first-order valence-corrected chi connectivity index (χ1v) is 5.47. The zero-order chi connectivity index (χ0) is 9.68. The van der Waals surface area contributed by atoms with Gasteiger partial charge in [0.1, 0.15) is 0 Å². The van der Waals surface area contributed by atoms with Crippen LogP contribution in [-0.4, -0.2) is 4.98 Å². The lowest BCUT2D eigenvalue weighted by Gasteiger charge is -1.93. The summed E-state index contributed by atoms with van der Waals surface area (Å²) in [5.41, 5.74) is 1.14. The van der Waals surface area contributed by atoms with E-state index in [1.54, 1.807) is 11.3 Å². The quantitative estimate of drug-likeness (QED) is 0.739. The predicted molar refractivity (Wildman–Crippen MR) is 54.8 cm³/mol. The Hall–Kier alpha value is -0.880. The summed E-state index contributed by atoms with van der Waals surface area (Å²) in [6.07, 6.45) is 3.61. The summed E-state index contributed by atoms with van der Waals surface area (Å²) >= 11 is 1.69. The van der Waals surface area contributed by atoms with Crippen LogP contribution < -0.4 is 0 Å². The summed E-state index contributed by atoms with van der Waals surface area (Å²) < 4.78 is 0. The molecular formula is C10H14N2S. The average Bonchev–Trinajstić information content (AvgIpc) is 2.50.